The van der Waals surface area contributed by atoms with E-state index in [0.29, 0.717) is 30.9 Å². The summed E-state index contributed by atoms with van der Waals surface area (Å²) >= 11 is 0. The molecule has 2 aliphatic rings. The number of ether oxygens (including phenoxy) is 1. The fourth-order valence-corrected chi connectivity index (χ4v) is 4.05. The molecule has 1 fully saturated rings. The van der Waals surface area contributed by atoms with E-state index in [2.05, 4.69) is 15.2 Å². The predicted molar refractivity (Wildman–Crippen MR) is 119 cm³/mol. The second-order valence-corrected chi connectivity index (χ2v) is 7.88. The molecule has 0 saturated carbocycles. The third kappa shape index (κ3) is 5.54. The molecule has 1 unspecified atom stereocenters. The van der Waals surface area contributed by atoms with E-state index in [1.807, 2.05) is 6.07 Å². The molecule has 7 nitrogen and oxygen atoms in total. The van der Waals surface area contributed by atoms with E-state index in [0.717, 1.165) is 12.1 Å². The summed E-state index contributed by atoms with van der Waals surface area (Å²) in [4.78, 5) is 14.1. The number of carbonyl (C=O) groups excluding carboxylic acids is 1. The molecule has 1 N–H and O–H groups in total. The number of hydrogen-bond acceptors (Lipinski definition) is 6. The van der Waals surface area contributed by atoms with Crippen molar-refractivity contribution in [2.45, 2.75) is 31.9 Å². The minimum absolute atomic E-state index is 0.0195. The molecule has 2 aliphatic heterocycles. The lowest BCUT2D eigenvalue weighted by Crippen LogP contribution is -2.44. The number of amides is 1. The Morgan fingerprint density at radius 3 is 2.66 bits per heavy atom. The summed E-state index contributed by atoms with van der Waals surface area (Å²) in [5, 5.41) is 18.2. The van der Waals surface area contributed by atoms with Gasteiger partial charge in [0, 0.05) is 30.3 Å². The highest BCUT2D eigenvalue weighted by molar-refractivity contribution is 6.07. The van der Waals surface area contributed by atoms with Crippen molar-refractivity contribution >= 4 is 17.3 Å². The largest absolute Gasteiger partial charge is 0.435 e. The van der Waals surface area contributed by atoms with Crippen molar-refractivity contribution in [1.29, 1.82) is 5.26 Å². The molecule has 0 radical (unpaired) electrons. The first-order chi connectivity index (χ1) is 16.9. The van der Waals surface area contributed by atoms with Gasteiger partial charge in [0.2, 0.25) is 5.91 Å². The summed E-state index contributed by atoms with van der Waals surface area (Å²) < 4.78 is 57.4. The van der Waals surface area contributed by atoms with Gasteiger partial charge in [-0.15, -0.1) is 0 Å². The Balaban J connectivity index is 1.65. The number of halogens is 4. The van der Waals surface area contributed by atoms with Crippen LogP contribution >= 0.6 is 0 Å². The average Bonchev–Trinajstić information content (AvgIpc) is 3.43. The monoisotopic (exact) mass is 487 g/mol. The van der Waals surface area contributed by atoms with Crippen molar-refractivity contribution in [2.24, 2.45) is 5.10 Å². The second-order valence-electron chi connectivity index (χ2n) is 7.88. The minimum Gasteiger partial charge on any atom is -0.435 e. The van der Waals surface area contributed by atoms with Crippen LogP contribution < -0.4 is 10.1 Å². The zero-order chi connectivity index (χ0) is 24.9. The summed E-state index contributed by atoms with van der Waals surface area (Å²) in [5.41, 5.74) is 0.844. The van der Waals surface area contributed by atoms with Gasteiger partial charge in [0.05, 0.1) is 30.8 Å². The van der Waals surface area contributed by atoms with Crippen molar-refractivity contribution in [3.05, 3.63) is 71.6 Å². The third-order valence-corrected chi connectivity index (χ3v) is 5.60. The summed E-state index contributed by atoms with van der Waals surface area (Å²) in [6.07, 6.45) is 2.63. The van der Waals surface area contributed by atoms with Gasteiger partial charge in [0.15, 0.2) is 0 Å². The lowest BCUT2D eigenvalue weighted by Gasteiger charge is -2.26. The molecule has 0 bridgehead atoms. The minimum atomic E-state index is -2.95. The van der Waals surface area contributed by atoms with Crippen LogP contribution in [0.1, 0.15) is 24.8 Å². The zero-order valence-electron chi connectivity index (χ0n) is 18.4. The molecule has 182 valence electrons. The summed E-state index contributed by atoms with van der Waals surface area (Å²) in [6.45, 7) is -2.29. The van der Waals surface area contributed by atoms with E-state index in [4.69, 9.17) is 5.26 Å². The molecule has 0 aromatic heterocycles. The molecule has 35 heavy (non-hydrogen) atoms. The molecular weight excluding hydrogens is 466 g/mol. The first-order valence-electron chi connectivity index (χ1n) is 10.9. The number of benzene rings is 2. The van der Waals surface area contributed by atoms with Gasteiger partial charge in [-0.05, 0) is 48.9 Å². The quantitative estimate of drug-likeness (QED) is 0.557. The van der Waals surface area contributed by atoms with Crippen LogP contribution in [0.3, 0.4) is 0 Å². The Bertz CT molecular complexity index is 1190. The van der Waals surface area contributed by atoms with E-state index in [1.165, 1.54) is 35.3 Å². The SMILES string of the molecule is N#CC/C=C(\Nc1ccc(OC(F)F)cc1)N1CC(N2CCCC2=O)C(c2ccc(F)cc2F)=N1. The van der Waals surface area contributed by atoms with Crippen molar-refractivity contribution in [1.82, 2.24) is 9.91 Å². The topological polar surface area (TPSA) is 81.0 Å². The number of alkyl halides is 2. The smallest absolute Gasteiger partial charge is 0.387 e. The number of anilines is 1. The summed E-state index contributed by atoms with van der Waals surface area (Å²) in [7, 11) is 0. The number of hydrogen-bond donors (Lipinski definition) is 1. The first-order valence-corrected chi connectivity index (χ1v) is 10.9. The Morgan fingerprint density at radius 1 is 1.26 bits per heavy atom. The van der Waals surface area contributed by atoms with Crippen LogP contribution in [-0.4, -0.2) is 47.3 Å². The second kappa shape index (κ2) is 10.5. The van der Waals surface area contributed by atoms with Crippen molar-refractivity contribution in [3.8, 4) is 11.8 Å². The van der Waals surface area contributed by atoms with Gasteiger partial charge in [0.1, 0.15) is 23.2 Å². The molecule has 11 heteroatoms. The van der Waals surface area contributed by atoms with Gasteiger partial charge in [-0.3, -0.25) is 4.79 Å². The molecule has 1 amide bonds. The maximum Gasteiger partial charge on any atom is 0.387 e. The standard InChI is InChI=1S/C24H21F4N5O2/c25-15-5-10-18(19(26)13-15)23-20(32-12-2-4-22(32)34)14-33(31-23)21(3-1-11-29)30-16-6-8-17(9-7-16)35-24(27)28/h3,5-10,13,20,24,30H,1-2,4,12,14H2/b21-3+. The number of likely N-dealkylation sites (tertiary alicyclic amines) is 1. The molecular formula is C24H21F4N5O2. The van der Waals surface area contributed by atoms with Crippen molar-refractivity contribution in [3.63, 3.8) is 0 Å². The third-order valence-electron chi connectivity index (χ3n) is 5.60. The number of allylic oxidation sites excluding steroid dienone is 1. The predicted octanol–water partition coefficient (Wildman–Crippen LogP) is 4.44. The van der Waals surface area contributed by atoms with Crippen LogP contribution in [0.2, 0.25) is 0 Å². The van der Waals surface area contributed by atoms with Gasteiger partial charge >= 0.3 is 6.61 Å². The van der Waals surface area contributed by atoms with Crippen LogP contribution in [0.25, 0.3) is 0 Å². The summed E-state index contributed by atoms with van der Waals surface area (Å²) in [6, 6.07) is 10.3. The van der Waals surface area contributed by atoms with Crippen LogP contribution in [-0.2, 0) is 4.79 Å². The van der Waals surface area contributed by atoms with Crippen molar-refractivity contribution in [2.75, 3.05) is 18.4 Å². The molecule has 1 saturated heterocycles. The van der Waals surface area contributed by atoms with E-state index >= 15 is 0 Å². The number of nitriles is 1. The molecule has 2 aromatic carbocycles. The number of carbonyl (C=O) groups is 1. The van der Waals surface area contributed by atoms with Gasteiger partial charge < -0.3 is 15.0 Å². The molecule has 2 aromatic rings. The average molecular weight is 487 g/mol. The van der Waals surface area contributed by atoms with Crippen LogP contribution in [0.5, 0.6) is 5.75 Å². The number of nitrogens with zero attached hydrogens (tertiary/aromatic N) is 4. The first kappa shape index (κ1) is 24.1. The fourth-order valence-electron chi connectivity index (χ4n) is 4.05. The molecule has 1 atom stereocenters. The highest BCUT2D eigenvalue weighted by Gasteiger charge is 2.39. The maximum atomic E-state index is 14.7. The van der Waals surface area contributed by atoms with E-state index in [1.54, 1.807) is 11.0 Å². The van der Waals surface area contributed by atoms with Gasteiger partial charge in [-0.25, -0.2) is 13.8 Å². The molecule has 0 aliphatic carbocycles. The van der Waals surface area contributed by atoms with Gasteiger partial charge in [-0.1, -0.05) is 0 Å². The van der Waals surface area contributed by atoms with Crippen molar-refractivity contribution < 1.29 is 27.1 Å². The highest BCUT2D eigenvalue weighted by Crippen LogP contribution is 2.28. The maximum absolute atomic E-state index is 14.7. The molecule has 2 heterocycles. The summed E-state index contributed by atoms with van der Waals surface area (Å²) in [5.74, 6) is -1.26. The molecule has 0 spiro atoms. The van der Waals surface area contributed by atoms with E-state index in [9.17, 15) is 22.4 Å². The number of rotatable bonds is 8. The Hall–Kier alpha value is -4.07. The number of hydrazone groups is 1. The Labute approximate surface area is 198 Å². The van der Waals surface area contributed by atoms with E-state index in [-0.39, 0.29) is 35.9 Å². The van der Waals surface area contributed by atoms with Crippen LogP contribution in [0, 0.1) is 23.0 Å². The number of nitrogens with one attached hydrogen (secondary N) is 1. The van der Waals surface area contributed by atoms with Crippen LogP contribution in [0.4, 0.5) is 23.2 Å². The molecule has 4 rings (SSSR count). The Kier molecular flexibility index (Phi) is 7.19. The zero-order valence-corrected chi connectivity index (χ0v) is 18.4. The normalized spacial score (nSPS) is 18.2. The van der Waals surface area contributed by atoms with Gasteiger partial charge in [-0.2, -0.15) is 19.1 Å². The lowest BCUT2D eigenvalue weighted by molar-refractivity contribution is -0.128. The lowest BCUT2D eigenvalue weighted by atomic mass is 10.0. The highest BCUT2D eigenvalue weighted by atomic mass is 19.3. The Morgan fingerprint density at radius 2 is 2.03 bits per heavy atom. The van der Waals surface area contributed by atoms with Crippen LogP contribution in [0.15, 0.2) is 59.5 Å². The fraction of sp³-hybridized carbons (Fsp3) is 0.292. The van der Waals surface area contributed by atoms with E-state index < -0.39 is 24.3 Å². The van der Waals surface area contributed by atoms with Gasteiger partial charge in [0.25, 0.3) is 0 Å².